The lowest BCUT2D eigenvalue weighted by Gasteiger charge is -2.38. The molecule has 178 valence electrons. The number of likely N-dealkylation sites (N-methyl/N-ethyl adjacent to an activating group) is 1. The second-order valence-electron chi connectivity index (χ2n) is 8.90. The highest BCUT2D eigenvalue weighted by atomic mass is 35.5. The van der Waals surface area contributed by atoms with E-state index >= 15 is 0 Å². The van der Waals surface area contributed by atoms with Crippen LogP contribution < -0.4 is 19.3 Å². The maximum Gasteiger partial charge on any atom is 0.449 e. The van der Waals surface area contributed by atoms with Gasteiger partial charge in [0.05, 0.1) is 7.05 Å². The molecule has 0 aliphatic carbocycles. The van der Waals surface area contributed by atoms with Gasteiger partial charge in [-0.05, 0) is 23.8 Å². The molecule has 3 aliphatic heterocycles. The van der Waals surface area contributed by atoms with Crippen molar-refractivity contribution in [2.75, 3.05) is 32.1 Å². The number of hydrogen-bond acceptors (Lipinski definition) is 4. The lowest BCUT2D eigenvalue weighted by Crippen LogP contribution is -2.50. The van der Waals surface area contributed by atoms with E-state index in [0.29, 0.717) is 24.7 Å². The summed E-state index contributed by atoms with van der Waals surface area (Å²) in [6.07, 6.45) is -4.53. The number of nitrogens with zero attached hydrogens (tertiary/aromatic N) is 1. The first kappa shape index (κ1) is 22.6. The molecule has 10 heteroatoms. The van der Waals surface area contributed by atoms with Gasteiger partial charge in [-0.3, -0.25) is 9.28 Å². The molecule has 4 heterocycles. The van der Waals surface area contributed by atoms with Crippen molar-refractivity contribution in [1.29, 1.82) is 0 Å². The number of anilines is 1. The maximum atomic E-state index is 13.2. The minimum absolute atomic E-state index is 0. The predicted molar refractivity (Wildman–Crippen MR) is 121 cm³/mol. The van der Waals surface area contributed by atoms with Crippen molar-refractivity contribution in [2.45, 2.75) is 18.1 Å². The van der Waals surface area contributed by atoms with Crippen LogP contribution in [-0.2, 0) is 22.9 Å². The zero-order chi connectivity index (χ0) is 23.0. The number of nitrogens with one attached hydrogen (secondary N) is 1. The Hall–Kier alpha value is -3.17. The summed E-state index contributed by atoms with van der Waals surface area (Å²) in [7, 11) is 1.93. The number of halogens is 4. The summed E-state index contributed by atoms with van der Waals surface area (Å²) < 4.78 is 56.3. The normalized spacial score (nSPS) is 24.4. The van der Waals surface area contributed by atoms with Crippen LogP contribution in [-0.4, -0.2) is 32.7 Å². The number of carbonyl (C=O) groups is 1. The van der Waals surface area contributed by atoms with E-state index in [0.717, 1.165) is 28.6 Å². The van der Waals surface area contributed by atoms with E-state index in [1.165, 1.54) is 6.07 Å². The van der Waals surface area contributed by atoms with E-state index in [2.05, 4.69) is 5.32 Å². The molecule has 0 radical (unpaired) electrons. The predicted octanol–water partition coefficient (Wildman–Crippen LogP) is 4.88. The first-order valence-corrected chi connectivity index (χ1v) is 10.6. The summed E-state index contributed by atoms with van der Waals surface area (Å²) in [6.45, 7) is 1.31. The van der Waals surface area contributed by atoms with Crippen molar-refractivity contribution in [3.8, 4) is 11.5 Å². The van der Waals surface area contributed by atoms with Crippen molar-refractivity contribution < 1.29 is 31.9 Å². The lowest BCUT2D eigenvalue weighted by atomic mass is 9.77. The number of furan rings is 1. The Morgan fingerprint density at radius 1 is 1.06 bits per heavy atom. The number of rotatable bonds is 2. The number of fused-ring (bicyclic) bond motifs is 5. The lowest BCUT2D eigenvalue weighted by molar-refractivity contribution is -0.153. The standard InChI is InChI=1S/C24H19F3N2O4.ClH/c1-29(12-14-6-7-21(33-14)24(25,26)27)8-9-31-20-11-19-16(10-18(20)29)23(13-32-19)15-4-2-3-5-17(15)28-22(23)30;/h2-7,10-11H,8-9,12-13H2,1H3;1H/p+1. The summed E-state index contributed by atoms with van der Waals surface area (Å²) in [5.41, 5.74) is 2.12. The van der Waals surface area contributed by atoms with Crippen LogP contribution in [0.2, 0.25) is 0 Å². The third-order valence-electron chi connectivity index (χ3n) is 6.86. The van der Waals surface area contributed by atoms with E-state index in [4.69, 9.17) is 13.9 Å². The molecule has 3 aliphatic rings. The van der Waals surface area contributed by atoms with Crippen LogP contribution in [0, 0.1) is 0 Å². The molecule has 0 fully saturated rings. The van der Waals surface area contributed by atoms with Crippen molar-refractivity contribution >= 4 is 29.7 Å². The zero-order valence-electron chi connectivity index (χ0n) is 18.1. The number of benzene rings is 2. The van der Waals surface area contributed by atoms with Crippen molar-refractivity contribution in [2.24, 2.45) is 0 Å². The number of amides is 1. The average molecular weight is 494 g/mol. The van der Waals surface area contributed by atoms with E-state index in [1.54, 1.807) is 6.07 Å². The van der Waals surface area contributed by atoms with Gasteiger partial charge in [0.1, 0.15) is 37.5 Å². The van der Waals surface area contributed by atoms with Crippen molar-refractivity contribution in [3.63, 3.8) is 0 Å². The van der Waals surface area contributed by atoms with Gasteiger partial charge in [0, 0.05) is 23.4 Å². The Balaban J connectivity index is 0.00000241. The first-order valence-electron chi connectivity index (χ1n) is 10.6. The molecule has 1 aromatic heterocycles. The molecule has 3 aromatic rings. The third-order valence-corrected chi connectivity index (χ3v) is 6.86. The number of carbonyl (C=O) groups excluding carboxylic acids is 1. The Bertz CT molecular complexity index is 1310. The summed E-state index contributed by atoms with van der Waals surface area (Å²) in [6, 6.07) is 13.5. The SMILES string of the molecule is C[N+]1(Cc2ccc(C(F)(F)F)o2)CCOc2cc3c(cc21)C1(CO3)C(=O)Nc2ccccc21.Cl. The molecular formula is C24H21ClF3N2O4+. The van der Waals surface area contributed by atoms with Crippen LogP contribution >= 0.6 is 12.4 Å². The number of para-hydroxylation sites is 1. The van der Waals surface area contributed by atoms with Crippen LogP contribution in [0.15, 0.2) is 52.9 Å². The van der Waals surface area contributed by atoms with Gasteiger partial charge in [0.2, 0.25) is 11.7 Å². The molecule has 2 unspecified atom stereocenters. The van der Waals surface area contributed by atoms with E-state index in [-0.39, 0.29) is 41.7 Å². The zero-order valence-corrected chi connectivity index (χ0v) is 18.9. The molecule has 2 aromatic carbocycles. The van der Waals surface area contributed by atoms with Gasteiger partial charge in [0.15, 0.2) is 17.2 Å². The van der Waals surface area contributed by atoms with Gasteiger partial charge in [-0.2, -0.15) is 13.2 Å². The molecule has 1 spiro atoms. The molecule has 34 heavy (non-hydrogen) atoms. The van der Waals surface area contributed by atoms with E-state index in [1.807, 2.05) is 37.4 Å². The Morgan fingerprint density at radius 2 is 1.85 bits per heavy atom. The maximum absolute atomic E-state index is 13.2. The fourth-order valence-corrected chi connectivity index (χ4v) is 5.13. The topological polar surface area (TPSA) is 60.7 Å². The molecule has 0 saturated carbocycles. The molecule has 6 rings (SSSR count). The molecule has 2 atom stereocenters. The summed E-state index contributed by atoms with van der Waals surface area (Å²) in [4.78, 5) is 13.2. The van der Waals surface area contributed by atoms with Crippen molar-refractivity contribution in [1.82, 2.24) is 4.48 Å². The Kier molecular flexibility index (Phi) is 4.93. The summed E-state index contributed by atoms with van der Waals surface area (Å²) >= 11 is 0. The van der Waals surface area contributed by atoms with Gasteiger partial charge < -0.3 is 19.2 Å². The smallest absolute Gasteiger partial charge is 0.449 e. The summed E-state index contributed by atoms with van der Waals surface area (Å²) in [5.74, 6) is 0.223. The Morgan fingerprint density at radius 3 is 2.62 bits per heavy atom. The fraction of sp³-hybridized carbons (Fsp3) is 0.292. The molecule has 0 bridgehead atoms. The van der Waals surface area contributed by atoms with Crippen LogP contribution in [0.4, 0.5) is 24.5 Å². The second-order valence-corrected chi connectivity index (χ2v) is 8.90. The van der Waals surface area contributed by atoms with Gasteiger partial charge in [-0.15, -0.1) is 12.4 Å². The van der Waals surface area contributed by atoms with Crippen LogP contribution in [0.5, 0.6) is 11.5 Å². The highest BCUT2D eigenvalue weighted by molar-refractivity contribution is 6.10. The van der Waals surface area contributed by atoms with Crippen LogP contribution in [0.3, 0.4) is 0 Å². The van der Waals surface area contributed by atoms with Gasteiger partial charge in [0.25, 0.3) is 0 Å². The van der Waals surface area contributed by atoms with Crippen LogP contribution in [0.1, 0.15) is 22.6 Å². The van der Waals surface area contributed by atoms with Gasteiger partial charge in [-0.1, -0.05) is 18.2 Å². The highest BCUT2D eigenvalue weighted by Crippen LogP contribution is 2.54. The van der Waals surface area contributed by atoms with E-state index in [9.17, 15) is 18.0 Å². The third kappa shape index (κ3) is 3.10. The van der Waals surface area contributed by atoms with E-state index < -0.39 is 17.4 Å². The quantitative estimate of drug-likeness (QED) is 0.517. The monoisotopic (exact) mass is 493 g/mol. The van der Waals surface area contributed by atoms with Gasteiger partial charge >= 0.3 is 6.18 Å². The number of alkyl halides is 3. The highest BCUT2D eigenvalue weighted by Gasteiger charge is 2.55. The minimum Gasteiger partial charge on any atom is -0.491 e. The largest absolute Gasteiger partial charge is 0.491 e. The molecule has 1 amide bonds. The molecule has 0 saturated heterocycles. The minimum atomic E-state index is -4.53. The fourth-order valence-electron chi connectivity index (χ4n) is 5.13. The van der Waals surface area contributed by atoms with Gasteiger partial charge in [-0.25, -0.2) is 0 Å². The average Bonchev–Trinajstić information content (AvgIpc) is 3.45. The molecule has 6 nitrogen and oxygen atoms in total. The first-order chi connectivity index (χ1) is 15.7. The summed E-state index contributed by atoms with van der Waals surface area (Å²) in [5, 5.41) is 2.95. The van der Waals surface area contributed by atoms with Crippen LogP contribution in [0.25, 0.3) is 0 Å². The molecular weight excluding hydrogens is 473 g/mol. The van der Waals surface area contributed by atoms with Crippen molar-refractivity contribution in [3.05, 3.63) is 71.2 Å². The second kappa shape index (κ2) is 7.41. The Labute approximate surface area is 199 Å². The number of ether oxygens (including phenoxy) is 2. The number of quaternary nitrogens is 1. The molecule has 1 N–H and O–H groups in total. The number of hydrogen-bond donors (Lipinski definition) is 1.